The average molecular weight is 258 g/mol. The van der Waals surface area contributed by atoms with Gasteiger partial charge in [-0.2, -0.15) is 0 Å². The molecule has 0 spiro atoms. The lowest BCUT2D eigenvalue weighted by atomic mass is 9.93. The molecule has 3 nitrogen and oxygen atoms in total. The van der Waals surface area contributed by atoms with E-state index in [0.717, 1.165) is 38.9 Å². The maximum atomic E-state index is 9.66. The Hall–Kier alpha value is -0.120. The predicted molar refractivity (Wildman–Crippen MR) is 73.4 cm³/mol. The van der Waals surface area contributed by atoms with Gasteiger partial charge in [0, 0.05) is 11.8 Å². The van der Waals surface area contributed by atoms with Gasteiger partial charge >= 0.3 is 0 Å². The SMILES string of the molecule is CC(CCCC(C)(C)O)CC1OCC(C)(C)CO1. The first-order valence-corrected chi connectivity index (χ1v) is 7.14. The van der Waals surface area contributed by atoms with Crippen molar-refractivity contribution in [3.8, 4) is 0 Å². The van der Waals surface area contributed by atoms with E-state index in [9.17, 15) is 5.11 Å². The summed E-state index contributed by atoms with van der Waals surface area (Å²) in [4.78, 5) is 0. The van der Waals surface area contributed by atoms with Gasteiger partial charge in [0.25, 0.3) is 0 Å². The van der Waals surface area contributed by atoms with E-state index in [-0.39, 0.29) is 11.7 Å². The van der Waals surface area contributed by atoms with Crippen LogP contribution in [0.3, 0.4) is 0 Å². The molecule has 0 amide bonds. The molecule has 1 unspecified atom stereocenters. The smallest absolute Gasteiger partial charge is 0.157 e. The Balaban J connectivity index is 2.15. The van der Waals surface area contributed by atoms with E-state index in [0.29, 0.717) is 5.92 Å². The molecule has 1 aliphatic rings. The van der Waals surface area contributed by atoms with Crippen molar-refractivity contribution >= 4 is 0 Å². The van der Waals surface area contributed by atoms with E-state index < -0.39 is 5.60 Å². The molecule has 3 heteroatoms. The summed E-state index contributed by atoms with van der Waals surface area (Å²) in [6, 6.07) is 0. The first-order valence-electron chi connectivity index (χ1n) is 7.14. The Morgan fingerprint density at radius 1 is 1.28 bits per heavy atom. The van der Waals surface area contributed by atoms with Crippen molar-refractivity contribution in [1.82, 2.24) is 0 Å². The molecular weight excluding hydrogens is 228 g/mol. The molecule has 1 saturated heterocycles. The zero-order chi connectivity index (χ0) is 13.8. The highest BCUT2D eigenvalue weighted by molar-refractivity contribution is 4.72. The van der Waals surface area contributed by atoms with Gasteiger partial charge in [-0.25, -0.2) is 0 Å². The quantitative estimate of drug-likeness (QED) is 0.794. The van der Waals surface area contributed by atoms with Gasteiger partial charge in [0.1, 0.15) is 0 Å². The van der Waals surface area contributed by atoms with Crippen LogP contribution in [0.25, 0.3) is 0 Å². The fourth-order valence-corrected chi connectivity index (χ4v) is 2.19. The summed E-state index contributed by atoms with van der Waals surface area (Å²) >= 11 is 0. The number of hydrogen-bond acceptors (Lipinski definition) is 3. The van der Waals surface area contributed by atoms with Crippen molar-refractivity contribution in [1.29, 1.82) is 0 Å². The third-order valence-corrected chi connectivity index (χ3v) is 3.40. The molecule has 0 bridgehead atoms. The Labute approximate surface area is 112 Å². The van der Waals surface area contributed by atoms with Gasteiger partial charge in [0.2, 0.25) is 0 Å². The fourth-order valence-electron chi connectivity index (χ4n) is 2.19. The highest BCUT2D eigenvalue weighted by atomic mass is 16.7. The summed E-state index contributed by atoms with van der Waals surface area (Å²) in [6.45, 7) is 11.9. The van der Waals surface area contributed by atoms with Crippen molar-refractivity contribution in [3.63, 3.8) is 0 Å². The van der Waals surface area contributed by atoms with Crippen LogP contribution >= 0.6 is 0 Å². The van der Waals surface area contributed by atoms with Crippen molar-refractivity contribution in [2.45, 2.75) is 72.2 Å². The highest BCUT2D eigenvalue weighted by Gasteiger charge is 2.29. The Morgan fingerprint density at radius 3 is 2.33 bits per heavy atom. The average Bonchev–Trinajstić information content (AvgIpc) is 2.19. The number of hydrogen-bond donors (Lipinski definition) is 1. The lowest BCUT2D eigenvalue weighted by Crippen LogP contribution is -2.38. The molecule has 0 aromatic heterocycles. The molecule has 0 aromatic carbocycles. The van der Waals surface area contributed by atoms with Crippen LogP contribution in [0.15, 0.2) is 0 Å². The third-order valence-electron chi connectivity index (χ3n) is 3.40. The molecule has 0 saturated carbocycles. The maximum Gasteiger partial charge on any atom is 0.157 e. The maximum absolute atomic E-state index is 9.66. The monoisotopic (exact) mass is 258 g/mol. The van der Waals surface area contributed by atoms with Crippen molar-refractivity contribution in [3.05, 3.63) is 0 Å². The first kappa shape index (κ1) is 15.9. The van der Waals surface area contributed by atoms with E-state index in [1.165, 1.54) is 0 Å². The van der Waals surface area contributed by atoms with Crippen LogP contribution in [0.2, 0.25) is 0 Å². The highest BCUT2D eigenvalue weighted by Crippen LogP contribution is 2.27. The Kier molecular flexibility index (Phi) is 5.63. The predicted octanol–water partition coefficient (Wildman–Crippen LogP) is 3.35. The standard InChI is InChI=1S/C15H30O3/c1-12(7-6-8-15(4,5)16)9-13-17-10-14(2,3)11-18-13/h12-13,16H,6-11H2,1-5H3. The zero-order valence-electron chi connectivity index (χ0n) is 12.7. The Bertz CT molecular complexity index is 233. The van der Waals surface area contributed by atoms with Crippen LogP contribution in [0.5, 0.6) is 0 Å². The minimum Gasteiger partial charge on any atom is -0.390 e. The van der Waals surface area contributed by atoms with Crippen LogP contribution in [0, 0.1) is 11.3 Å². The molecule has 1 heterocycles. The summed E-state index contributed by atoms with van der Waals surface area (Å²) in [7, 11) is 0. The summed E-state index contributed by atoms with van der Waals surface area (Å²) in [5, 5.41) is 9.66. The van der Waals surface area contributed by atoms with Crippen molar-refractivity contribution in [2.24, 2.45) is 11.3 Å². The van der Waals surface area contributed by atoms with E-state index in [4.69, 9.17) is 9.47 Å². The molecule has 1 N–H and O–H groups in total. The number of ether oxygens (including phenoxy) is 2. The molecule has 1 aliphatic heterocycles. The largest absolute Gasteiger partial charge is 0.390 e. The molecule has 108 valence electrons. The van der Waals surface area contributed by atoms with Gasteiger partial charge in [-0.1, -0.05) is 33.6 Å². The summed E-state index contributed by atoms with van der Waals surface area (Å²) in [5.74, 6) is 0.582. The molecule has 0 aliphatic carbocycles. The molecule has 1 rings (SSSR count). The van der Waals surface area contributed by atoms with Gasteiger partial charge in [-0.3, -0.25) is 0 Å². The molecule has 1 atom stereocenters. The van der Waals surface area contributed by atoms with E-state index in [1.807, 2.05) is 13.8 Å². The second-order valence-corrected chi connectivity index (χ2v) is 7.26. The molecule has 0 radical (unpaired) electrons. The normalized spacial score (nSPS) is 23.0. The minimum absolute atomic E-state index is 0.0323. The van der Waals surface area contributed by atoms with E-state index >= 15 is 0 Å². The fraction of sp³-hybridized carbons (Fsp3) is 1.00. The van der Waals surface area contributed by atoms with Gasteiger partial charge in [0.05, 0.1) is 18.8 Å². The van der Waals surface area contributed by atoms with Crippen LogP contribution in [-0.2, 0) is 9.47 Å². The second-order valence-electron chi connectivity index (χ2n) is 7.26. The van der Waals surface area contributed by atoms with E-state index in [2.05, 4.69) is 20.8 Å². The molecule has 1 fully saturated rings. The molecular formula is C15H30O3. The van der Waals surface area contributed by atoms with Gasteiger partial charge in [-0.05, 0) is 26.2 Å². The van der Waals surface area contributed by atoms with Crippen LogP contribution < -0.4 is 0 Å². The molecule has 0 aromatic rings. The summed E-state index contributed by atoms with van der Waals surface area (Å²) < 4.78 is 11.5. The lowest BCUT2D eigenvalue weighted by molar-refractivity contribution is -0.227. The minimum atomic E-state index is -0.540. The first-order chi connectivity index (χ1) is 8.18. The van der Waals surface area contributed by atoms with Crippen molar-refractivity contribution in [2.75, 3.05) is 13.2 Å². The van der Waals surface area contributed by atoms with Crippen molar-refractivity contribution < 1.29 is 14.6 Å². The third kappa shape index (κ3) is 6.72. The van der Waals surface area contributed by atoms with Crippen LogP contribution in [0.4, 0.5) is 0 Å². The van der Waals surface area contributed by atoms with Crippen LogP contribution in [-0.4, -0.2) is 30.2 Å². The van der Waals surface area contributed by atoms with Crippen LogP contribution in [0.1, 0.15) is 60.3 Å². The number of rotatable bonds is 6. The molecule has 18 heavy (non-hydrogen) atoms. The number of aliphatic hydroxyl groups is 1. The van der Waals surface area contributed by atoms with Gasteiger partial charge in [0.15, 0.2) is 6.29 Å². The Morgan fingerprint density at radius 2 is 1.83 bits per heavy atom. The van der Waals surface area contributed by atoms with Gasteiger partial charge < -0.3 is 14.6 Å². The topological polar surface area (TPSA) is 38.7 Å². The summed E-state index contributed by atoms with van der Waals surface area (Å²) in [6.07, 6.45) is 3.97. The second kappa shape index (κ2) is 6.36. The van der Waals surface area contributed by atoms with Gasteiger partial charge in [-0.15, -0.1) is 0 Å². The lowest BCUT2D eigenvalue weighted by Gasteiger charge is -2.35. The zero-order valence-corrected chi connectivity index (χ0v) is 12.7. The summed E-state index contributed by atoms with van der Waals surface area (Å²) in [5.41, 5.74) is -0.387. The van der Waals surface area contributed by atoms with E-state index in [1.54, 1.807) is 0 Å².